The Morgan fingerprint density at radius 2 is 2.35 bits per heavy atom. The summed E-state index contributed by atoms with van der Waals surface area (Å²) in [4.78, 5) is 3.06. The summed E-state index contributed by atoms with van der Waals surface area (Å²) < 4.78 is 0. The number of halogens is 1. The number of hydrogen-bond donors (Lipinski definition) is 1. The zero-order valence-corrected chi connectivity index (χ0v) is 11.3. The van der Waals surface area contributed by atoms with Crippen molar-refractivity contribution in [3.8, 4) is 0 Å². The van der Waals surface area contributed by atoms with Crippen molar-refractivity contribution in [1.82, 2.24) is 4.90 Å². The van der Waals surface area contributed by atoms with E-state index in [-0.39, 0.29) is 0 Å². The molecule has 0 aliphatic carbocycles. The minimum Gasteiger partial charge on any atom is -0.393 e. The Morgan fingerprint density at radius 1 is 1.53 bits per heavy atom. The molecule has 0 saturated carbocycles. The number of nitrogens with two attached hydrogens (primary N) is 1. The summed E-state index contributed by atoms with van der Waals surface area (Å²) in [7, 11) is 0. The van der Waals surface area contributed by atoms with Gasteiger partial charge in [-0.05, 0) is 37.1 Å². The smallest absolute Gasteiger partial charge is 0.0771 e. The van der Waals surface area contributed by atoms with Gasteiger partial charge in [-0.3, -0.25) is 4.90 Å². The van der Waals surface area contributed by atoms with Crippen molar-refractivity contribution in [1.29, 1.82) is 0 Å². The van der Waals surface area contributed by atoms with Crippen LogP contribution in [0.2, 0.25) is 5.02 Å². The summed E-state index contributed by atoms with van der Waals surface area (Å²) >= 11 is 11.1. The molecule has 0 radical (unpaired) electrons. The number of nitrogens with zero attached hydrogens (tertiary/aromatic N) is 1. The summed E-state index contributed by atoms with van der Waals surface area (Å²) in [5, 5.41) is 0.797. The van der Waals surface area contributed by atoms with Crippen LogP contribution in [0.25, 0.3) is 0 Å². The summed E-state index contributed by atoms with van der Waals surface area (Å²) in [5.41, 5.74) is 6.98. The first-order valence-corrected chi connectivity index (χ1v) is 6.70. The van der Waals surface area contributed by atoms with Crippen LogP contribution in [-0.4, -0.2) is 23.0 Å². The molecule has 1 aliphatic heterocycles. The van der Waals surface area contributed by atoms with Gasteiger partial charge in [-0.2, -0.15) is 0 Å². The van der Waals surface area contributed by atoms with E-state index < -0.39 is 0 Å². The summed E-state index contributed by atoms with van der Waals surface area (Å²) in [5.74, 6) is 0.373. The molecule has 0 spiro atoms. The first-order chi connectivity index (χ1) is 8.15. The Bertz CT molecular complexity index is 408. The highest BCUT2D eigenvalue weighted by Gasteiger charge is 2.21. The molecule has 1 saturated heterocycles. The summed E-state index contributed by atoms with van der Waals surface area (Å²) in [6.45, 7) is 3.02. The van der Waals surface area contributed by atoms with Crippen LogP contribution in [0.1, 0.15) is 18.4 Å². The number of benzene rings is 1. The number of piperidine rings is 1. The van der Waals surface area contributed by atoms with Crippen molar-refractivity contribution in [2.45, 2.75) is 19.4 Å². The van der Waals surface area contributed by atoms with Gasteiger partial charge in [-0.15, -0.1) is 0 Å². The van der Waals surface area contributed by atoms with E-state index in [0.717, 1.165) is 31.1 Å². The van der Waals surface area contributed by atoms with Crippen LogP contribution >= 0.6 is 23.8 Å². The molecule has 2 rings (SSSR count). The predicted octanol–water partition coefficient (Wildman–Crippen LogP) is 2.84. The summed E-state index contributed by atoms with van der Waals surface area (Å²) in [6, 6.07) is 8.02. The van der Waals surface area contributed by atoms with Crippen molar-refractivity contribution < 1.29 is 0 Å². The highest BCUT2D eigenvalue weighted by Crippen LogP contribution is 2.20. The monoisotopic (exact) mass is 268 g/mol. The van der Waals surface area contributed by atoms with E-state index in [1.54, 1.807) is 0 Å². The molecular formula is C13H17ClN2S. The third-order valence-corrected chi connectivity index (χ3v) is 3.77. The second kappa shape index (κ2) is 5.80. The fourth-order valence-corrected chi connectivity index (χ4v) is 2.73. The van der Waals surface area contributed by atoms with Crippen LogP contribution in [0, 0.1) is 5.92 Å². The quantitative estimate of drug-likeness (QED) is 0.855. The third-order valence-electron chi connectivity index (χ3n) is 3.20. The van der Waals surface area contributed by atoms with E-state index in [2.05, 4.69) is 11.0 Å². The fourth-order valence-electron chi connectivity index (χ4n) is 2.32. The molecule has 1 aromatic rings. The maximum absolute atomic E-state index is 5.98. The molecule has 2 nitrogen and oxygen atoms in total. The van der Waals surface area contributed by atoms with Gasteiger partial charge in [-0.1, -0.05) is 36.0 Å². The lowest BCUT2D eigenvalue weighted by Gasteiger charge is -2.32. The molecule has 2 N–H and O–H groups in total. The molecule has 1 aromatic carbocycles. The van der Waals surface area contributed by atoms with Gasteiger partial charge in [0.1, 0.15) is 0 Å². The lowest BCUT2D eigenvalue weighted by molar-refractivity contribution is 0.197. The van der Waals surface area contributed by atoms with Gasteiger partial charge >= 0.3 is 0 Å². The standard InChI is InChI=1S/C13H17ClN2S/c14-12-5-1-3-10(7-12)8-16-6-2-4-11(9-16)13(15)17/h1,3,5,7,11H,2,4,6,8-9H2,(H2,15,17). The first-order valence-electron chi connectivity index (χ1n) is 5.91. The highest BCUT2D eigenvalue weighted by atomic mass is 35.5. The SMILES string of the molecule is NC(=S)C1CCCN(Cc2cccc(Cl)c2)C1. The van der Waals surface area contributed by atoms with E-state index >= 15 is 0 Å². The maximum Gasteiger partial charge on any atom is 0.0771 e. The maximum atomic E-state index is 5.98. The molecule has 0 bridgehead atoms. The van der Waals surface area contributed by atoms with E-state index in [9.17, 15) is 0 Å². The molecular weight excluding hydrogens is 252 g/mol. The van der Waals surface area contributed by atoms with Crippen molar-refractivity contribution in [3.63, 3.8) is 0 Å². The van der Waals surface area contributed by atoms with Crippen LogP contribution in [0.3, 0.4) is 0 Å². The lowest BCUT2D eigenvalue weighted by Crippen LogP contribution is -2.39. The molecule has 0 amide bonds. The highest BCUT2D eigenvalue weighted by molar-refractivity contribution is 7.80. The van der Waals surface area contributed by atoms with Crippen LogP contribution in [-0.2, 0) is 6.54 Å². The van der Waals surface area contributed by atoms with Crippen LogP contribution in [0.15, 0.2) is 24.3 Å². The number of thiocarbonyl (C=S) groups is 1. The lowest BCUT2D eigenvalue weighted by atomic mass is 9.98. The van der Waals surface area contributed by atoms with Crippen molar-refractivity contribution in [2.24, 2.45) is 11.7 Å². The summed E-state index contributed by atoms with van der Waals surface area (Å²) in [6.07, 6.45) is 2.30. The van der Waals surface area contributed by atoms with Gasteiger partial charge in [0.15, 0.2) is 0 Å². The zero-order valence-electron chi connectivity index (χ0n) is 9.73. The Balaban J connectivity index is 1.97. The molecule has 1 fully saturated rings. The molecule has 1 unspecified atom stereocenters. The van der Waals surface area contributed by atoms with Crippen LogP contribution in [0.5, 0.6) is 0 Å². The van der Waals surface area contributed by atoms with Crippen molar-refractivity contribution >= 4 is 28.8 Å². The Morgan fingerprint density at radius 3 is 3.06 bits per heavy atom. The molecule has 4 heteroatoms. The molecule has 1 heterocycles. The molecule has 17 heavy (non-hydrogen) atoms. The number of hydrogen-bond acceptors (Lipinski definition) is 2. The fraction of sp³-hybridized carbons (Fsp3) is 0.462. The Labute approximate surface area is 113 Å². The van der Waals surface area contributed by atoms with Crippen molar-refractivity contribution in [3.05, 3.63) is 34.9 Å². The van der Waals surface area contributed by atoms with Gasteiger partial charge < -0.3 is 5.73 Å². The van der Waals surface area contributed by atoms with E-state index in [0.29, 0.717) is 10.9 Å². The molecule has 0 aromatic heterocycles. The molecule has 1 aliphatic rings. The Hall–Kier alpha value is -0.640. The number of likely N-dealkylation sites (tertiary alicyclic amines) is 1. The first kappa shape index (κ1) is 12.8. The van der Waals surface area contributed by atoms with Gasteiger partial charge in [-0.25, -0.2) is 0 Å². The second-order valence-electron chi connectivity index (χ2n) is 4.61. The van der Waals surface area contributed by atoms with Gasteiger partial charge in [0, 0.05) is 24.0 Å². The minimum atomic E-state index is 0.373. The average Bonchev–Trinajstić information content (AvgIpc) is 2.29. The van der Waals surface area contributed by atoms with Gasteiger partial charge in [0.2, 0.25) is 0 Å². The van der Waals surface area contributed by atoms with Gasteiger partial charge in [0.25, 0.3) is 0 Å². The molecule has 1 atom stereocenters. The normalized spacial score (nSPS) is 21.4. The second-order valence-corrected chi connectivity index (χ2v) is 5.51. The van der Waals surface area contributed by atoms with E-state index in [1.807, 2.05) is 18.2 Å². The predicted molar refractivity (Wildman–Crippen MR) is 76.2 cm³/mol. The largest absolute Gasteiger partial charge is 0.393 e. The number of rotatable bonds is 3. The zero-order chi connectivity index (χ0) is 12.3. The van der Waals surface area contributed by atoms with E-state index in [4.69, 9.17) is 29.6 Å². The third kappa shape index (κ3) is 3.66. The van der Waals surface area contributed by atoms with Crippen LogP contribution < -0.4 is 5.73 Å². The Kier molecular flexibility index (Phi) is 4.37. The van der Waals surface area contributed by atoms with Crippen molar-refractivity contribution in [2.75, 3.05) is 13.1 Å². The molecule has 92 valence electrons. The minimum absolute atomic E-state index is 0.373. The average molecular weight is 269 g/mol. The van der Waals surface area contributed by atoms with Crippen LogP contribution in [0.4, 0.5) is 0 Å². The van der Waals surface area contributed by atoms with E-state index in [1.165, 1.54) is 12.0 Å². The van der Waals surface area contributed by atoms with Gasteiger partial charge in [0.05, 0.1) is 4.99 Å². The topological polar surface area (TPSA) is 29.3 Å².